The fourth-order valence-corrected chi connectivity index (χ4v) is 4.23. The van der Waals surface area contributed by atoms with Crippen LogP contribution >= 0.6 is 0 Å². The van der Waals surface area contributed by atoms with Gasteiger partial charge in [-0.3, -0.25) is 9.59 Å². The third-order valence-electron chi connectivity index (χ3n) is 6.45. The molecule has 222 valence electrons. The quantitative estimate of drug-likeness (QED) is 0.152. The Labute approximate surface area is 244 Å². The maximum atomic E-state index is 13.2. The monoisotopic (exact) mass is 592 g/mol. The van der Waals surface area contributed by atoms with Gasteiger partial charge in [-0.25, -0.2) is 4.79 Å². The third kappa shape index (κ3) is 8.91. The van der Waals surface area contributed by atoms with Crippen LogP contribution < -0.4 is 15.4 Å². The van der Waals surface area contributed by atoms with Crippen LogP contribution in [0.25, 0.3) is 11.1 Å². The molecule has 4 rings (SSSR count). The normalized spacial score (nSPS) is 12.6. The average Bonchev–Trinajstić information content (AvgIpc) is 2.99. The van der Waals surface area contributed by atoms with Gasteiger partial charge < -0.3 is 25.6 Å². The molecule has 0 aliphatic carbocycles. The number of Topliss-reactive ketones (excluding diaryl/α,β-unsaturated/α-hetero) is 1. The molecule has 0 aromatic heterocycles. The summed E-state index contributed by atoms with van der Waals surface area (Å²) >= 11 is 0. The second kappa shape index (κ2) is 13.7. The second-order valence-electron chi connectivity index (χ2n) is 9.53. The molecular weight excluding hydrogens is 565 g/mol. The van der Waals surface area contributed by atoms with Gasteiger partial charge in [0.15, 0.2) is 11.9 Å². The number of anilines is 1. The number of nitrogens with one attached hydrogen (secondary N) is 2. The zero-order valence-electron chi connectivity index (χ0n) is 22.5. The number of rotatable bonds is 12. The van der Waals surface area contributed by atoms with Gasteiger partial charge in [0.2, 0.25) is 0 Å². The van der Waals surface area contributed by atoms with Crippen LogP contribution in [0.1, 0.15) is 38.7 Å². The zero-order valence-corrected chi connectivity index (χ0v) is 22.5. The minimum atomic E-state index is -4.84. The maximum absolute atomic E-state index is 13.2. The highest BCUT2D eigenvalue weighted by Gasteiger charge is 2.31. The topological polar surface area (TPSA) is 125 Å². The van der Waals surface area contributed by atoms with E-state index in [2.05, 4.69) is 15.4 Å². The van der Waals surface area contributed by atoms with E-state index in [0.29, 0.717) is 5.69 Å². The van der Waals surface area contributed by atoms with Gasteiger partial charge in [0, 0.05) is 23.2 Å². The lowest BCUT2D eigenvalue weighted by Crippen LogP contribution is -2.36. The Hall–Kier alpha value is -5.16. The molecule has 0 spiro atoms. The number of hydrogen-bond donors (Lipinski definition) is 4. The summed E-state index contributed by atoms with van der Waals surface area (Å²) in [6.45, 7) is -0.458. The van der Waals surface area contributed by atoms with Crippen LogP contribution in [0.2, 0.25) is 0 Å². The summed E-state index contributed by atoms with van der Waals surface area (Å²) < 4.78 is 41.5. The molecule has 0 heterocycles. The number of halogens is 3. The Morgan fingerprint density at radius 1 is 0.767 bits per heavy atom. The number of hydrogen-bond acceptors (Lipinski definition) is 6. The van der Waals surface area contributed by atoms with Crippen LogP contribution in [0.15, 0.2) is 103 Å². The Bertz CT molecular complexity index is 1540. The summed E-state index contributed by atoms with van der Waals surface area (Å²) in [4.78, 5) is 36.3. The lowest BCUT2D eigenvalue weighted by Gasteiger charge is -2.21. The van der Waals surface area contributed by atoms with E-state index in [0.717, 1.165) is 28.8 Å². The fourth-order valence-electron chi connectivity index (χ4n) is 4.23. The second-order valence-corrected chi connectivity index (χ2v) is 9.53. The molecular formula is C32H27F3N2O6. The van der Waals surface area contributed by atoms with Crippen molar-refractivity contribution < 1.29 is 42.5 Å². The molecule has 1 unspecified atom stereocenters. The van der Waals surface area contributed by atoms with E-state index < -0.39 is 42.7 Å². The van der Waals surface area contributed by atoms with E-state index >= 15 is 0 Å². The van der Waals surface area contributed by atoms with Gasteiger partial charge in [-0.2, -0.15) is 0 Å². The van der Waals surface area contributed by atoms with Crippen molar-refractivity contribution in [2.75, 3.05) is 11.9 Å². The number of carbonyl (C=O) groups excluding carboxylic acids is 2. The molecule has 8 nitrogen and oxygen atoms in total. The van der Waals surface area contributed by atoms with Crippen molar-refractivity contribution in [2.24, 2.45) is 0 Å². The van der Waals surface area contributed by atoms with Crippen molar-refractivity contribution in [3.05, 3.63) is 120 Å². The number of ether oxygens (including phenoxy) is 1. The number of aliphatic hydroxyl groups excluding tert-OH is 1. The molecule has 0 saturated carbocycles. The predicted molar refractivity (Wildman–Crippen MR) is 153 cm³/mol. The Morgan fingerprint density at radius 2 is 1.35 bits per heavy atom. The lowest BCUT2D eigenvalue weighted by atomic mass is 9.95. The molecule has 4 N–H and O–H groups in total. The first kappa shape index (κ1) is 30.8. The van der Waals surface area contributed by atoms with E-state index in [1.165, 1.54) is 24.3 Å². The smallest absolute Gasteiger partial charge is 0.479 e. The van der Waals surface area contributed by atoms with Crippen LogP contribution in [0.5, 0.6) is 5.75 Å². The molecule has 1 amide bonds. The third-order valence-corrected chi connectivity index (χ3v) is 6.45. The van der Waals surface area contributed by atoms with Crippen LogP contribution in [-0.4, -0.2) is 46.9 Å². The van der Waals surface area contributed by atoms with Crippen molar-refractivity contribution >= 4 is 23.3 Å². The lowest BCUT2D eigenvalue weighted by molar-refractivity contribution is -0.274. The van der Waals surface area contributed by atoms with Crippen LogP contribution in [0, 0.1) is 0 Å². The van der Waals surface area contributed by atoms with Gasteiger partial charge >= 0.3 is 12.3 Å². The van der Waals surface area contributed by atoms with E-state index in [9.17, 15) is 32.7 Å². The minimum absolute atomic E-state index is 0.0422. The highest BCUT2D eigenvalue weighted by Crippen LogP contribution is 2.29. The number of ketones is 1. The number of aliphatic carboxylic acids is 1. The molecule has 0 aliphatic heterocycles. The summed E-state index contributed by atoms with van der Waals surface area (Å²) in [6, 6.07) is 27.7. The summed E-state index contributed by atoms with van der Waals surface area (Å²) in [6.07, 6.45) is -6.62. The summed E-state index contributed by atoms with van der Waals surface area (Å²) in [5.41, 5.74) is 3.76. The number of benzene rings is 4. The van der Waals surface area contributed by atoms with Crippen molar-refractivity contribution in [3.8, 4) is 16.9 Å². The van der Waals surface area contributed by atoms with Gasteiger partial charge in [0.05, 0.1) is 12.6 Å². The Balaban J connectivity index is 1.52. The summed E-state index contributed by atoms with van der Waals surface area (Å²) in [5, 5.41) is 23.8. The van der Waals surface area contributed by atoms with Gasteiger partial charge in [-0.15, -0.1) is 13.2 Å². The molecule has 4 aromatic rings. The standard InChI is InChI=1S/C32H27F3N2O6/c33-32(34,35)43-26-16-12-23(13-17-26)28(38)18-27(22-8-6-21(7-9-22)20-4-2-1-3-5-20)37-25-14-10-24(11-15-25)30(40)36-19-29(39)31(41)42/h1-17,27,29,37,39H,18-19H2,(H,36,40)(H,41,42)/t27?,29-/m1/s1. The highest BCUT2D eigenvalue weighted by atomic mass is 19.4. The van der Waals surface area contributed by atoms with Crippen molar-refractivity contribution in [3.63, 3.8) is 0 Å². The molecule has 0 bridgehead atoms. The highest BCUT2D eigenvalue weighted by molar-refractivity contribution is 5.97. The van der Waals surface area contributed by atoms with E-state index in [1.807, 2.05) is 54.6 Å². The zero-order chi connectivity index (χ0) is 31.0. The molecule has 4 aromatic carbocycles. The van der Waals surface area contributed by atoms with Gasteiger partial charge in [-0.05, 0) is 65.2 Å². The van der Waals surface area contributed by atoms with Crippen molar-refractivity contribution in [1.29, 1.82) is 0 Å². The largest absolute Gasteiger partial charge is 0.573 e. The molecule has 2 atom stereocenters. The molecule has 11 heteroatoms. The van der Waals surface area contributed by atoms with Crippen molar-refractivity contribution in [1.82, 2.24) is 5.32 Å². The molecule has 0 saturated heterocycles. The first-order chi connectivity index (χ1) is 20.5. The molecule has 0 radical (unpaired) electrons. The number of carbonyl (C=O) groups is 3. The van der Waals surface area contributed by atoms with Crippen LogP contribution in [-0.2, 0) is 4.79 Å². The van der Waals surface area contributed by atoms with E-state index in [-0.39, 0.29) is 23.3 Å². The summed E-state index contributed by atoms with van der Waals surface area (Å²) in [7, 11) is 0. The number of carboxylic acid groups (broad SMARTS) is 1. The molecule has 0 fully saturated rings. The van der Waals surface area contributed by atoms with Crippen molar-refractivity contribution in [2.45, 2.75) is 24.9 Å². The van der Waals surface area contributed by atoms with Crippen LogP contribution in [0.4, 0.5) is 18.9 Å². The molecule has 0 aliphatic rings. The van der Waals surface area contributed by atoms with Gasteiger partial charge in [-0.1, -0.05) is 54.6 Å². The van der Waals surface area contributed by atoms with Gasteiger partial charge in [0.1, 0.15) is 5.75 Å². The average molecular weight is 593 g/mol. The van der Waals surface area contributed by atoms with Crippen LogP contribution in [0.3, 0.4) is 0 Å². The number of carboxylic acids is 1. The predicted octanol–water partition coefficient (Wildman–Crippen LogP) is 5.85. The first-order valence-corrected chi connectivity index (χ1v) is 13.1. The Kier molecular flexibility index (Phi) is 9.79. The fraction of sp³-hybridized carbons (Fsp3) is 0.156. The number of aliphatic hydroxyl groups is 1. The molecule has 43 heavy (non-hydrogen) atoms. The first-order valence-electron chi connectivity index (χ1n) is 13.1. The summed E-state index contributed by atoms with van der Waals surface area (Å²) in [5.74, 6) is -2.79. The van der Waals surface area contributed by atoms with E-state index in [1.54, 1.807) is 12.1 Å². The maximum Gasteiger partial charge on any atom is 0.573 e. The SMILES string of the molecule is O=C(CC(Nc1ccc(C(=O)NC[C@@H](O)C(=O)O)cc1)c1ccc(-c2ccccc2)cc1)c1ccc(OC(F)(F)F)cc1. The number of alkyl halides is 3. The number of amides is 1. The van der Waals surface area contributed by atoms with E-state index in [4.69, 9.17) is 5.11 Å². The van der Waals surface area contributed by atoms with Gasteiger partial charge in [0.25, 0.3) is 5.91 Å². The Morgan fingerprint density at radius 3 is 1.93 bits per heavy atom. The minimum Gasteiger partial charge on any atom is -0.479 e.